The number of urea groups is 1. The highest BCUT2D eigenvalue weighted by Gasteiger charge is 2.36. The second kappa shape index (κ2) is 7.75. The van der Waals surface area contributed by atoms with Gasteiger partial charge in [0.25, 0.3) is 0 Å². The van der Waals surface area contributed by atoms with Crippen molar-refractivity contribution in [2.75, 3.05) is 25.5 Å². The summed E-state index contributed by atoms with van der Waals surface area (Å²) in [5.41, 5.74) is 3.10. The number of carbonyl (C=O) groups is 1. The lowest BCUT2D eigenvalue weighted by Gasteiger charge is -2.26. The zero-order valence-electron chi connectivity index (χ0n) is 15.9. The highest BCUT2D eigenvalue weighted by molar-refractivity contribution is 5.90. The van der Waals surface area contributed by atoms with Crippen LogP contribution in [-0.2, 0) is 11.3 Å². The number of likely N-dealkylation sites (tertiary alicyclic amines) is 1. The SMILES string of the molecule is Cc1c(COC(C)C)cccc1NC(=O)N1CC[C@H]2CC[C@@H](C1)N2C. The van der Waals surface area contributed by atoms with E-state index in [9.17, 15) is 4.79 Å². The molecule has 0 aliphatic carbocycles. The van der Waals surface area contributed by atoms with Crippen molar-refractivity contribution in [3.63, 3.8) is 0 Å². The second-order valence-electron chi connectivity index (χ2n) is 7.66. The average molecular weight is 345 g/mol. The van der Waals surface area contributed by atoms with Crippen LogP contribution >= 0.6 is 0 Å². The summed E-state index contributed by atoms with van der Waals surface area (Å²) in [5.74, 6) is 0. The number of nitrogens with one attached hydrogen (secondary N) is 1. The van der Waals surface area contributed by atoms with E-state index < -0.39 is 0 Å². The van der Waals surface area contributed by atoms with Gasteiger partial charge in [0.05, 0.1) is 12.7 Å². The Morgan fingerprint density at radius 3 is 2.80 bits per heavy atom. The van der Waals surface area contributed by atoms with Crippen molar-refractivity contribution in [2.24, 2.45) is 0 Å². The Kier molecular flexibility index (Phi) is 5.64. The van der Waals surface area contributed by atoms with Gasteiger partial charge in [-0.3, -0.25) is 4.90 Å². The van der Waals surface area contributed by atoms with Crippen molar-refractivity contribution in [3.8, 4) is 0 Å². The maximum Gasteiger partial charge on any atom is 0.321 e. The van der Waals surface area contributed by atoms with Crippen LogP contribution < -0.4 is 5.32 Å². The van der Waals surface area contributed by atoms with Crippen LogP contribution in [-0.4, -0.2) is 54.2 Å². The van der Waals surface area contributed by atoms with Crippen molar-refractivity contribution in [2.45, 2.75) is 64.8 Å². The Hall–Kier alpha value is -1.59. The number of hydrogen-bond donors (Lipinski definition) is 1. The van der Waals surface area contributed by atoms with Crippen LogP contribution in [0.15, 0.2) is 18.2 Å². The lowest BCUT2D eigenvalue weighted by atomic mass is 10.1. The van der Waals surface area contributed by atoms with E-state index in [2.05, 4.69) is 23.3 Å². The fourth-order valence-electron chi connectivity index (χ4n) is 3.92. The molecular formula is C20H31N3O2. The van der Waals surface area contributed by atoms with Gasteiger partial charge in [0.2, 0.25) is 0 Å². The summed E-state index contributed by atoms with van der Waals surface area (Å²) < 4.78 is 5.72. The largest absolute Gasteiger partial charge is 0.374 e. The molecule has 0 aromatic heterocycles. The Labute approximate surface area is 151 Å². The number of anilines is 1. The smallest absolute Gasteiger partial charge is 0.321 e. The number of benzene rings is 1. The van der Waals surface area contributed by atoms with E-state index in [1.54, 1.807) is 0 Å². The number of fused-ring (bicyclic) bond motifs is 2. The summed E-state index contributed by atoms with van der Waals surface area (Å²) in [4.78, 5) is 17.2. The van der Waals surface area contributed by atoms with Gasteiger partial charge < -0.3 is 15.0 Å². The van der Waals surface area contributed by atoms with Crippen molar-refractivity contribution in [3.05, 3.63) is 29.3 Å². The molecule has 138 valence electrons. The lowest BCUT2D eigenvalue weighted by molar-refractivity contribution is 0.0654. The van der Waals surface area contributed by atoms with Gasteiger partial charge >= 0.3 is 6.03 Å². The van der Waals surface area contributed by atoms with Crippen LogP contribution in [0.1, 0.15) is 44.2 Å². The summed E-state index contributed by atoms with van der Waals surface area (Å²) in [5, 5.41) is 3.12. The van der Waals surface area contributed by atoms with Gasteiger partial charge in [0, 0.05) is 30.9 Å². The predicted octanol–water partition coefficient (Wildman–Crippen LogP) is 3.62. The number of ether oxygens (including phenoxy) is 1. The number of likely N-dealkylation sites (N-methyl/N-ethyl adjacent to an activating group) is 1. The first-order chi connectivity index (χ1) is 12.0. The molecule has 0 radical (unpaired) electrons. The molecule has 25 heavy (non-hydrogen) atoms. The fourth-order valence-corrected chi connectivity index (χ4v) is 3.92. The van der Waals surface area contributed by atoms with Crippen LogP contribution in [0, 0.1) is 6.92 Å². The molecule has 0 saturated carbocycles. The van der Waals surface area contributed by atoms with E-state index in [0.29, 0.717) is 18.7 Å². The molecule has 1 aromatic rings. The summed E-state index contributed by atoms with van der Waals surface area (Å²) >= 11 is 0. The molecule has 2 saturated heterocycles. The van der Waals surface area contributed by atoms with E-state index in [1.165, 1.54) is 12.8 Å². The normalized spacial score (nSPS) is 23.8. The number of hydrogen-bond acceptors (Lipinski definition) is 3. The van der Waals surface area contributed by atoms with E-state index >= 15 is 0 Å². The summed E-state index contributed by atoms with van der Waals surface area (Å²) in [6.07, 6.45) is 3.74. The van der Waals surface area contributed by atoms with E-state index in [0.717, 1.165) is 36.3 Å². The molecule has 1 N–H and O–H groups in total. The number of carbonyl (C=O) groups excluding carboxylic acids is 1. The first-order valence-electron chi connectivity index (χ1n) is 9.43. The molecule has 2 aliphatic rings. The van der Waals surface area contributed by atoms with Gasteiger partial charge in [0.1, 0.15) is 0 Å². The minimum absolute atomic E-state index is 0.0194. The van der Waals surface area contributed by atoms with Crippen LogP contribution in [0.2, 0.25) is 0 Å². The van der Waals surface area contributed by atoms with E-state index in [1.807, 2.05) is 37.8 Å². The third kappa shape index (κ3) is 4.15. The average Bonchev–Trinajstić information content (AvgIpc) is 2.80. The quantitative estimate of drug-likeness (QED) is 0.906. The Morgan fingerprint density at radius 1 is 1.28 bits per heavy atom. The van der Waals surface area contributed by atoms with Crippen LogP contribution in [0.3, 0.4) is 0 Å². The third-order valence-corrected chi connectivity index (χ3v) is 5.70. The monoisotopic (exact) mass is 345 g/mol. The number of rotatable bonds is 4. The molecule has 5 heteroatoms. The maximum atomic E-state index is 12.8. The van der Waals surface area contributed by atoms with Gasteiger partial charge in [-0.1, -0.05) is 12.1 Å². The van der Waals surface area contributed by atoms with Gasteiger partial charge in [-0.05, 0) is 64.3 Å². The van der Waals surface area contributed by atoms with Crippen LogP contribution in [0.25, 0.3) is 0 Å². The van der Waals surface area contributed by atoms with E-state index in [-0.39, 0.29) is 12.1 Å². The number of nitrogens with zero attached hydrogens (tertiary/aromatic N) is 2. The van der Waals surface area contributed by atoms with Gasteiger partial charge in [-0.25, -0.2) is 4.79 Å². The molecule has 2 heterocycles. The van der Waals surface area contributed by atoms with Crippen molar-refractivity contribution in [1.29, 1.82) is 0 Å². The molecule has 2 fully saturated rings. The fraction of sp³-hybridized carbons (Fsp3) is 0.650. The summed E-state index contributed by atoms with van der Waals surface area (Å²) in [7, 11) is 2.20. The maximum absolute atomic E-state index is 12.8. The highest BCUT2D eigenvalue weighted by atomic mass is 16.5. The Bertz CT molecular complexity index is 617. The first-order valence-corrected chi connectivity index (χ1v) is 9.43. The molecular weight excluding hydrogens is 314 g/mol. The Morgan fingerprint density at radius 2 is 2.04 bits per heavy atom. The molecule has 3 rings (SSSR count). The van der Waals surface area contributed by atoms with E-state index in [4.69, 9.17) is 4.74 Å². The van der Waals surface area contributed by atoms with Crippen molar-refractivity contribution in [1.82, 2.24) is 9.80 Å². The minimum Gasteiger partial charge on any atom is -0.374 e. The second-order valence-corrected chi connectivity index (χ2v) is 7.66. The minimum atomic E-state index is 0.0194. The molecule has 0 unspecified atom stereocenters. The predicted molar refractivity (Wildman–Crippen MR) is 101 cm³/mol. The summed E-state index contributed by atoms with van der Waals surface area (Å²) in [6.45, 7) is 8.36. The molecule has 1 aromatic carbocycles. The molecule has 5 nitrogen and oxygen atoms in total. The third-order valence-electron chi connectivity index (χ3n) is 5.70. The highest BCUT2D eigenvalue weighted by Crippen LogP contribution is 2.29. The first kappa shape index (κ1) is 18.2. The van der Waals surface area contributed by atoms with Gasteiger partial charge in [-0.2, -0.15) is 0 Å². The lowest BCUT2D eigenvalue weighted by Crippen LogP contribution is -2.41. The molecule has 2 atom stereocenters. The van der Waals surface area contributed by atoms with Crippen molar-refractivity contribution >= 4 is 11.7 Å². The van der Waals surface area contributed by atoms with Crippen LogP contribution in [0.4, 0.5) is 10.5 Å². The Balaban J connectivity index is 1.65. The topological polar surface area (TPSA) is 44.8 Å². The molecule has 0 spiro atoms. The standard InChI is InChI=1S/C20H31N3O2/c1-14(2)25-13-16-6-5-7-19(15(16)3)21-20(24)23-11-10-17-8-9-18(12-23)22(17)4/h5-7,14,17-18H,8-13H2,1-4H3,(H,21,24)/t17-,18+/m1/s1. The zero-order chi connectivity index (χ0) is 18.0. The molecule has 2 bridgehead atoms. The van der Waals surface area contributed by atoms with Crippen LogP contribution in [0.5, 0.6) is 0 Å². The summed E-state index contributed by atoms with van der Waals surface area (Å²) in [6, 6.07) is 7.19. The molecule has 2 aliphatic heterocycles. The molecule has 2 amide bonds. The van der Waals surface area contributed by atoms with Crippen molar-refractivity contribution < 1.29 is 9.53 Å². The van der Waals surface area contributed by atoms with Gasteiger partial charge in [0.15, 0.2) is 0 Å². The zero-order valence-corrected chi connectivity index (χ0v) is 15.9. The number of amides is 2. The van der Waals surface area contributed by atoms with Gasteiger partial charge in [-0.15, -0.1) is 0 Å².